The van der Waals surface area contributed by atoms with E-state index in [1.807, 2.05) is 11.8 Å². The number of hydrogen-bond donors (Lipinski definition) is 0. The number of aromatic nitrogens is 2. The Kier molecular flexibility index (Phi) is 5.13. The third kappa shape index (κ3) is 3.71. The van der Waals surface area contributed by atoms with Crippen LogP contribution in [0.25, 0.3) is 5.65 Å². The van der Waals surface area contributed by atoms with E-state index in [4.69, 9.17) is 0 Å². The first-order valence-electron chi connectivity index (χ1n) is 9.66. The average Bonchev–Trinajstić information content (AvgIpc) is 3.11. The maximum absolute atomic E-state index is 13.2. The number of anilines is 1. The fourth-order valence-corrected chi connectivity index (χ4v) is 3.70. The summed E-state index contributed by atoms with van der Waals surface area (Å²) in [5.41, 5.74) is 0.995. The monoisotopic (exact) mass is 420 g/mol. The van der Waals surface area contributed by atoms with Gasteiger partial charge in [-0.15, -0.1) is 0 Å². The van der Waals surface area contributed by atoms with Gasteiger partial charge >= 0.3 is 6.18 Å². The molecular weight excluding hydrogens is 400 g/mol. The molecule has 3 aromatic rings. The van der Waals surface area contributed by atoms with Crippen LogP contribution in [0.4, 0.5) is 23.2 Å². The van der Waals surface area contributed by atoms with E-state index < -0.39 is 11.7 Å². The summed E-state index contributed by atoms with van der Waals surface area (Å²) in [7, 11) is 0. The number of nitrogens with zero attached hydrogens (tertiary/aromatic N) is 4. The molecule has 0 bridgehead atoms. The first-order valence-corrected chi connectivity index (χ1v) is 9.66. The van der Waals surface area contributed by atoms with Crippen molar-refractivity contribution in [2.45, 2.75) is 19.5 Å². The summed E-state index contributed by atoms with van der Waals surface area (Å²) in [6.07, 6.45) is -3.14. The van der Waals surface area contributed by atoms with Gasteiger partial charge in [-0.25, -0.2) is 9.37 Å². The highest BCUT2D eigenvalue weighted by molar-refractivity contribution is 5.95. The molecule has 0 unspecified atom stereocenters. The predicted octanol–water partition coefficient (Wildman–Crippen LogP) is 4.02. The van der Waals surface area contributed by atoms with E-state index in [1.54, 1.807) is 17.0 Å². The molecule has 1 aromatic carbocycles. The van der Waals surface area contributed by atoms with Crippen LogP contribution in [-0.2, 0) is 12.6 Å². The number of carbonyl (C=O) groups excluding carboxylic acids is 1. The molecule has 0 aliphatic carbocycles. The number of carbonyl (C=O) groups is 1. The van der Waals surface area contributed by atoms with Crippen LogP contribution in [0.15, 0.2) is 42.6 Å². The van der Waals surface area contributed by atoms with Gasteiger partial charge in [-0.1, -0.05) is 6.92 Å². The molecule has 2 aromatic heterocycles. The molecule has 1 aliphatic heterocycles. The van der Waals surface area contributed by atoms with E-state index in [-0.39, 0.29) is 17.4 Å². The highest BCUT2D eigenvalue weighted by Crippen LogP contribution is 2.30. The topological polar surface area (TPSA) is 40.9 Å². The van der Waals surface area contributed by atoms with Gasteiger partial charge in [-0.2, -0.15) is 13.2 Å². The van der Waals surface area contributed by atoms with Crippen molar-refractivity contribution in [1.82, 2.24) is 14.3 Å². The van der Waals surface area contributed by atoms with Crippen LogP contribution in [-0.4, -0.2) is 46.4 Å². The molecule has 0 saturated carbocycles. The Morgan fingerprint density at radius 3 is 2.30 bits per heavy atom. The Hall–Kier alpha value is -3.10. The van der Waals surface area contributed by atoms with Crippen molar-refractivity contribution in [3.05, 3.63) is 65.4 Å². The highest BCUT2D eigenvalue weighted by atomic mass is 19.4. The zero-order valence-electron chi connectivity index (χ0n) is 16.3. The Labute approximate surface area is 170 Å². The normalized spacial score (nSPS) is 15.1. The summed E-state index contributed by atoms with van der Waals surface area (Å²) in [5, 5.41) is 0. The zero-order chi connectivity index (χ0) is 21.5. The van der Waals surface area contributed by atoms with Gasteiger partial charge in [0, 0.05) is 38.1 Å². The van der Waals surface area contributed by atoms with Crippen molar-refractivity contribution in [1.29, 1.82) is 0 Å². The summed E-state index contributed by atoms with van der Waals surface area (Å²) in [6, 6.07) is 8.40. The van der Waals surface area contributed by atoms with Gasteiger partial charge in [0.25, 0.3) is 5.91 Å². The lowest BCUT2D eigenvalue weighted by Gasteiger charge is -2.36. The van der Waals surface area contributed by atoms with Crippen LogP contribution >= 0.6 is 0 Å². The number of fused-ring (bicyclic) bond motifs is 1. The van der Waals surface area contributed by atoms with Gasteiger partial charge in [0.2, 0.25) is 0 Å². The zero-order valence-corrected chi connectivity index (χ0v) is 16.3. The van der Waals surface area contributed by atoms with Crippen molar-refractivity contribution < 1.29 is 22.4 Å². The second kappa shape index (κ2) is 7.62. The number of amides is 1. The number of imidazole rings is 1. The van der Waals surface area contributed by atoms with Gasteiger partial charge in [-0.3, -0.25) is 9.20 Å². The number of piperazine rings is 1. The van der Waals surface area contributed by atoms with Crippen LogP contribution in [0.2, 0.25) is 0 Å². The SMILES string of the molecule is CCc1nc2ccc(C(F)(F)F)cn2c1C(=O)N1CCN(c2ccc(F)cc2)CC1. The van der Waals surface area contributed by atoms with Crippen LogP contribution in [0.1, 0.15) is 28.7 Å². The largest absolute Gasteiger partial charge is 0.417 e. The minimum Gasteiger partial charge on any atom is -0.368 e. The van der Waals surface area contributed by atoms with Gasteiger partial charge in [0.1, 0.15) is 17.2 Å². The quantitative estimate of drug-likeness (QED) is 0.601. The predicted molar refractivity (Wildman–Crippen MR) is 104 cm³/mol. The minimum absolute atomic E-state index is 0.175. The molecule has 1 amide bonds. The van der Waals surface area contributed by atoms with Gasteiger partial charge in [0.15, 0.2) is 0 Å². The van der Waals surface area contributed by atoms with E-state index in [1.165, 1.54) is 22.6 Å². The number of aryl methyl sites for hydroxylation is 1. The number of halogens is 4. The summed E-state index contributed by atoms with van der Waals surface area (Å²) < 4.78 is 53.9. The standard InChI is InChI=1S/C21H20F4N4O/c1-2-17-19(29-13-14(21(23,24)25)3-8-18(29)26-17)20(30)28-11-9-27(10-12-28)16-6-4-15(22)5-7-16/h3-8,13H,2,9-12H2,1H3. The van der Waals surface area contributed by atoms with Crippen LogP contribution in [0.5, 0.6) is 0 Å². The highest BCUT2D eigenvalue weighted by Gasteiger charge is 2.33. The van der Waals surface area contributed by atoms with Crippen LogP contribution in [0.3, 0.4) is 0 Å². The van der Waals surface area contributed by atoms with E-state index in [0.29, 0.717) is 43.9 Å². The fraction of sp³-hybridized carbons (Fsp3) is 0.333. The Balaban J connectivity index is 1.59. The second-order valence-electron chi connectivity index (χ2n) is 7.16. The number of hydrogen-bond acceptors (Lipinski definition) is 3. The fourth-order valence-electron chi connectivity index (χ4n) is 3.70. The molecule has 1 fully saturated rings. The minimum atomic E-state index is -4.51. The summed E-state index contributed by atoms with van der Waals surface area (Å²) in [6.45, 7) is 3.72. The second-order valence-corrected chi connectivity index (χ2v) is 7.16. The van der Waals surface area contributed by atoms with Crippen molar-refractivity contribution in [2.75, 3.05) is 31.1 Å². The molecule has 5 nitrogen and oxygen atoms in total. The van der Waals surface area contributed by atoms with Gasteiger partial charge in [0.05, 0.1) is 11.3 Å². The third-order valence-corrected chi connectivity index (χ3v) is 5.31. The lowest BCUT2D eigenvalue weighted by molar-refractivity contribution is -0.137. The van der Waals surface area contributed by atoms with Crippen molar-refractivity contribution >= 4 is 17.2 Å². The summed E-state index contributed by atoms with van der Waals surface area (Å²) in [5.74, 6) is -0.650. The van der Waals surface area contributed by atoms with Crippen molar-refractivity contribution in [3.8, 4) is 0 Å². The Morgan fingerprint density at radius 2 is 1.70 bits per heavy atom. The molecule has 158 valence electrons. The number of pyridine rings is 1. The molecule has 1 saturated heterocycles. The lowest BCUT2D eigenvalue weighted by Crippen LogP contribution is -2.49. The van der Waals surface area contributed by atoms with Crippen LogP contribution in [0, 0.1) is 5.82 Å². The average molecular weight is 420 g/mol. The van der Waals surface area contributed by atoms with Crippen molar-refractivity contribution in [2.24, 2.45) is 0 Å². The smallest absolute Gasteiger partial charge is 0.368 e. The number of benzene rings is 1. The maximum atomic E-state index is 13.2. The molecule has 0 spiro atoms. The summed E-state index contributed by atoms with van der Waals surface area (Å²) >= 11 is 0. The molecule has 0 N–H and O–H groups in total. The summed E-state index contributed by atoms with van der Waals surface area (Å²) in [4.78, 5) is 21.2. The van der Waals surface area contributed by atoms with E-state index in [9.17, 15) is 22.4 Å². The number of alkyl halides is 3. The molecule has 3 heterocycles. The van der Waals surface area contributed by atoms with E-state index in [2.05, 4.69) is 4.98 Å². The molecule has 1 aliphatic rings. The molecular formula is C21H20F4N4O. The van der Waals surface area contributed by atoms with Crippen molar-refractivity contribution in [3.63, 3.8) is 0 Å². The van der Waals surface area contributed by atoms with E-state index in [0.717, 1.165) is 18.0 Å². The van der Waals surface area contributed by atoms with Gasteiger partial charge in [-0.05, 0) is 42.8 Å². The van der Waals surface area contributed by atoms with Gasteiger partial charge < -0.3 is 9.80 Å². The first kappa shape index (κ1) is 20.2. The molecule has 0 atom stereocenters. The molecule has 9 heteroatoms. The Morgan fingerprint density at radius 1 is 1.03 bits per heavy atom. The maximum Gasteiger partial charge on any atom is 0.417 e. The number of rotatable bonds is 3. The lowest BCUT2D eigenvalue weighted by atomic mass is 10.2. The molecule has 0 radical (unpaired) electrons. The Bertz CT molecular complexity index is 1070. The first-order chi connectivity index (χ1) is 14.3. The van der Waals surface area contributed by atoms with Crippen LogP contribution < -0.4 is 4.90 Å². The molecule has 30 heavy (non-hydrogen) atoms. The molecule has 4 rings (SSSR count). The van der Waals surface area contributed by atoms with E-state index >= 15 is 0 Å². The third-order valence-electron chi connectivity index (χ3n) is 5.31.